The van der Waals surface area contributed by atoms with Crippen LogP contribution in [0.25, 0.3) is 0 Å². The number of carbonyl (C=O) groups is 1. The first-order valence-electron chi connectivity index (χ1n) is 8.04. The average molecular weight is 285 g/mol. The molecule has 0 bridgehead atoms. The highest BCUT2D eigenvalue weighted by atomic mass is 16.2. The molecule has 120 valence electrons. The molecule has 0 saturated heterocycles. The number of rotatable bonds is 11. The first kappa shape index (κ1) is 19.4. The van der Waals surface area contributed by atoms with Crippen LogP contribution in [0.5, 0.6) is 0 Å². The highest BCUT2D eigenvalue weighted by Gasteiger charge is 2.17. The van der Waals surface area contributed by atoms with Crippen LogP contribution in [0.3, 0.4) is 0 Å². The van der Waals surface area contributed by atoms with Gasteiger partial charge in [0.25, 0.3) is 0 Å². The van der Waals surface area contributed by atoms with E-state index in [9.17, 15) is 4.79 Å². The molecular formula is C16H35N3O. The Morgan fingerprint density at radius 1 is 1.15 bits per heavy atom. The summed E-state index contributed by atoms with van der Waals surface area (Å²) in [7, 11) is 4.14. The second kappa shape index (κ2) is 11.1. The summed E-state index contributed by atoms with van der Waals surface area (Å²) in [5, 5.41) is 0. The molecule has 0 aromatic heterocycles. The van der Waals surface area contributed by atoms with Gasteiger partial charge in [-0.3, -0.25) is 4.79 Å². The molecule has 20 heavy (non-hydrogen) atoms. The molecule has 1 amide bonds. The van der Waals surface area contributed by atoms with Crippen LogP contribution in [0.2, 0.25) is 0 Å². The molecule has 0 aromatic rings. The van der Waals surface area contributed by atoms with Gasteiger partial charge in [0.2, 0.25) is 5.91 Å². The van der Waals surface area contributed by atoms with Crippen LogP contribution < -0.4 is 5.73 Å². The summed E-state index contributed by atoms with van der Waals surface area (Å²) in [6.45, 7) is 9.95. The van der Waals surface area contributed by atoms with Crippen LogP contribution in [0.4, 0.5) is 0 Å². The summed E-state index contributed by atoms with van der Waals surface area (Å²) in [6.07, 6.45) is 3.71. The van der Waals surface area contributed by atoms with Gasteiger partial charge in [0.15, 0.2) is 0 Å². The predicted octanol–water partition coefficient (Wildman–Crippen LogP) is 2.19. The van der Waals surface area contributed by atoms with Crippen molar-refractivity contribution in [2.75, 3.05) is 40.3 Å². The Bertz CT molecular complexity index is 254. The van der Waals surface area contributed by atoms with Gasteiger partial charge in [-0.25, -0.2) is 0 Å². The Balaban J connectivity index is 4.13. The molecule has 0 radical (unpaired) electrons. The number of carbonyl (C=O) groups excluding carboxylic acids is 1. The second-order valence-electron chi connectivity index (χ2n) is 6.25. The molecule has 4 heteroatoms. The second-order valence-corrected chi connectivity index (χ2v) is 6.25. The molecule has 0 aliphatic carbocycles. The summed E-state index contributed by atoms with van der Waals surface area (Å²) in [5.74, 6) is 1.48. The van der Waals surface area contributed by atoms with Crippen LogP contribution in [0, 0.1) is 11.8 Å². The Morgan fingerprint density at radius 3 is 2.25 bits per heavy atom. The normalized spacial score (nSPS) is 13.0. The lowest BCUT2D eigenvalue weighted by Gasteiger charge is -2.24. The number of amides is 1. The molecular weight excluding hydrogens is 250 g/mol. The first-order valence-corrected chi connectivity index (χ1v) is 8.04. The zero-order chi connectivity index (χ0) is 15.5. The Morgan fingerprint density at radius 2 is 1.80 bits per heavy atom. The molecule has 0 saturated carbocycles. The van der Waals surface area contributed by atoms with E-state index in [4.69, 9.17) is 5.73 Å². The van der Waals surface area contributed by atoms with Crippen molar-refractivity contribution in [2.45, 2.75) is 46.5 Å². The van der Waals surface area contributed by atoms with E-state index in [2.05, 4.69) is 39.8 Å². The SMILES string of the molecule is CCN(CCCN(C)C)C(=O)CCC(CCN)C(C)C. The van der Waals surface area contributed by atoms with Crippen molar-refractivity contribution in [2.24, 2.45) is 17.6 Å². The van der Waals surface area contributed by atoms with Crippen molar-refractivity contribution in [3.8, 4) is 0 Å². The van der Waals surface area contributed by atoms with Gasteiger partial charge >= 0.3 is 0 Å². The number of hydrogen-bond donors (Lipinski definition) is 1. The maximum atomic E-state index is 12.3. The smallest absolute Gasteiger partial charge is 0.222 e. The van der Waals surface area contributed by atoms with Crippen molar-refractivity contribution >= 4 is 5.91 Å². The van der Waals surface area contributed by atoms with Gasteiger partial charge in [0, 0.05) is 19.5 Å². The van der Waals surface area contributed by atoms with Crippen LogP contribution in [0.1, 0.15) is 46.5 Å². The van der Waals surface area contributed by atoms with E-state index in [0.717, 1.165) is 45.4 Å². The van der Waals surface area contributed by atoms with Gasteiger partial charge in [0.05, 0.1) is 0 Å². The van der Waals surface area contributed by atoms with Crippen LogP contribution in [-0.2, 0) is 4.79 Å². The lowest BCUT2D eigenvalue weighted by Crippen LogP contribution is -2.33. The average Bonchev–Trinajstić information content (AvgIpc) is 2.38. The summed E-state index contributed by atoms with van der Waals surface area (Å²) in [4.78, 5) is 16.4. The third kappa shape index (κ3) is 8.54. The van der Waals surface area contributed by atoms with Gasteiger partial charge in [-0.15, -0.1) is 0 Å². The monoisotopic (exact) mass is 285 g/mol. The van der Waals surface area contributed by atoms with Gasteiger partial charge in [0.1, 0.15) is 0 Å². The fraction of sp³-hybridized carbons (Fsp3) is 0.938. The van der Waals surface area contributed by atoms with Crippen molar-refractivity contribution in [1.82, 2.24) is 9.80 Å². The zero-order valence-electron chi connectivity index (χ0n) is 14.2. The minimum Gasteiger partial charge on any atom is -0.343 e. The molecule has 0 aromatic carbocycles. The van der Waals surface area contributed by atoms with E-state index < -0.39 is 0 Å². The van der Waals surface area contributed by atoms with E-state index in [-0.39, 0.29) is 0 Å². The van der Waals surface area contributed by atoms with Gasteiger partial charge in [-0.1, -0.05) is 13.8 Å². The Hall–Kier alpha value is -0.610. The van der Waals surface area contributed by atoms with E-state index >= 15 is 0 Å². The maximum Gasteiger partial charge on any atom is 0.222 e. The molecule has 0 aliphatic rings. The predicted molar refractivity (Wildman–Crippen MR) is 86.7 cm³/mol. The lowest BCUT2D eigenvalue weighted by atomic mass is 9.88. The highest BCUT2D eigenvalue weighted by molar-refractivity contribution is 5.76. The molecule has 0 spiro atoms. The molecule has 0 aliphatic heterocycles. The van der Waals surface area contributed by atoms with E-state index in [1.807, 2.05) is 4.90 Å². The largest absolute Gasteiger partial charge is 0.343 e. The summed E-state index contributed by atoms with van der Waals surface area (Å²) in [5.41, 5.74) is 5.65. The lowest BCUT2D eigenvalue weighted by molar-refractivity contribution is -0.131. The highest BCUT2D eigenvalue weighted by Crippen LogP contribution is 2.20. The number of hydrogen-bond acceptors (Lipinski definition) is 3. The summed E-state index contributed by atoms with van der Waals surface area (Å²) < 4.78 is 0. The first-order chi connectivity index (χ1) is 9.42. The summed E-state index contributed by atoms with van der Waals surface area (Å²) in [6, 6.07) is 0. The fourth-order valence-electron chi connectivity index (χ4n) is 2.53. The minimum absolute atomic E-state index is 0.300. The zero-order valence-corrected chi connectivity index (χ0v) is 14.2. The van der Waals surface area contributed by atoms with Crippen molar-refractivity contribution in [3.05, 3.63) is 0 Å². The van der Waals surface area contributed by atoms with E-state index in [1.165, 1.54) is 0 Å². The molecule has 0 heterocycles. The van der Waals surface area contributed by atoms with Gasteiger partial charge < -0.3 is 15.5 Å². The topological polar surface area (TPSA) is 49.6 Å². The Labute approximate surface area is 125 Å². The number of nitrogens with two attached hydrogens (primary N) is 1. The molecule has 0 rings (SSSR count). The number of nitrogens with zero attached hydrogens (tertiary/aromatic N) is 2. The van der Waals surface area contributed by atoms with Crippen molar-refractivity contribution < 1.29 is 4.79 Å². The quantitative estimate of drug-likeness (QED) is 0.633. The van der Waals surface area contributed by atoms with E-state index in [0.29, 0.717) is 24.2 Å². The van der Waals surface area contributed by atoms with Crippen LogP contribution in [-0.4, -0.2) is 56.0 Å². The van der Waals surface area contributed by atoms with Gasteiger partial charge in [-0.2, -0.15) is 0 Å². The molecule has 0 fully saturated rings. The molecule has 4 nitrogen and oxygen atoms in total. The van der Waals surface area contributed by atoms with Crippen molar-refractivity contribution in [3.63, 3.8) is 0 Å². The maximum absolute atomic E-state index is 12.3. The van der Waals surface area contributed by atoms with Crippen LogP contribution in [0.15, 0.2) is 0 Å². The van der Waals surface area contributed by atoms with Gasteiger partial charge in [-0.05, 0) is 65.2 Å². The van der Waals surface area contributed by atoms with Crippen LogP contribution >= 0.6 is 0 Å². The summed E-state index contributed by atoms with van der Waals surface area (Å²) >= 11 is 0. The molecule has 1 atom stereocenters. The third-order valence-electron chi connectivity index (χ3n) is 3.98. The minimum atomic E-state index is 0.300. The third-order valence-corrected chi connectivity index (χ3v) is 3.98. The molecule has 1 unspecified atom stereocenters. The Kier molecular flexibility index (Phi) is 10.8. The fourth-order valence-corrected chi connectivity index (χ4v) is 2.53. The van der Waals surface area contributed by atoms with E-state index in [1.54, 1.807) is 0 Å². The van der Waals surface area contributed by atoms with Crippen molar-refractivity contribution in [1.29, 1.82) is 0 Å². The molecule has 2 N–H and O–H groups in total. The standard InChI is InChI=1S/C16H35N3O/c1-6-19(13-7-12-18(4)5)16(20)9-8-15(10-11-17)14(2)3/h14-15H,6-13,17H2,1-5H3.